The summed E-state index contributed by atoms with van der Waals surface area (Å²) in [4.78, 5) is 15.6. The van der Waals surface area contributed by atoms with Crippen LogP contribution in [0.25, 0.3) is 0 Å². The molecule has 1 aromatic carbocycles. The number of carbonyl (C=O) groups is 1. The Hall–Kier alpha value is -3.59. The topological polar surface area (TPSA) is 150 Å². The van der Waals surface area contributed by atoms with Gasteiger partial charge in [0, 0.05) is 31.5 Å². The Morgan fingerprint density at radius 2 is 2.10 bits per heavy atom. The van der Waals surface area contributed by atoms with Crippen LogP contribution < -0.4 is 28.1 Å². The molecule has 1 aliphatic heterocycles. The average Bonchev–Trinajstić information content (AvgIpc) is 3.35. The van der Waals surface area contributed by atoms with E-state index in [4.69, 9.17) is 17.3 Å². The van der Waals surface area contributed by atoms with E-state index in [2.05, 4.69) is 45.9 Å². The summed E-state index contributed by atoms with van der Waals surface area (Å²) in [6, 6.07) is 8.15. The van der Waals surface area contributed by atoms with Crippen LogP contribution in [0.1, 0.15) is 40.2 Å². The van der Waals surface area contributed by atoms with Crippen LogP contribution >= 0.6 is 0 Å². The van der Waals surface area contributed by atoms with Gasteiger partial charge in [0.05, 0.1) is 18.4 Å². The number of aromatic nitrogens is 3. The van der Waals surface area contributed by atoms with E-state index in [0.29, 0.717) is 43.3 Å². The molecule has 1 aliphatic rings. The molecule has 30 heavy (non-hydrogen) atoms. The number of nitrogens with one attached hydrogen (secondary N) is 2. The lowest BCUT2D eigenvalue weighted by Crippen LogP contribution is -2.13. The molecule has 9 nitrogen and oxygen atoms in total. The summed E-state index contributed by atoms with van der Waals surface area (Å²) in [6.07, 6.45) is 4.94. The highest BCUT2D eigenvalue weighted by molar-refractivity contribution is 5.79. The van der Waals surface area contributed by atoms with Gasteiger partial charge in [-0.2, -0.15) is 5.10 Å². The minimum absolute atomic E-state index is 0.114. The zero-order valence-electron chi connectivity index (χ0n) is 16.9. The number of anilines is 3. The van der Waals surface area contributed by atoms with E-state index in [-0.39, 0.29) is 11.8 Å². The molecule has 156 valence electrons. The van der Waals surface area contributed by atoms with Gasteiger partial charge < -0.3 is 22.2 Å². The SMILES string of the molecule is Cc1ccc(C2CNC(=O)C2)cc1Cn1cc(Cc2cc(N)nc(NN)c2N)cn1. The maximum absolute atomic E-state index is 11.6. The molecular weight excluding hydrogens is 380 g/mol. The van der Waals surface area contributed by atoms with Crippen LogP contribution in [-0.2, 0) is 17.8 Å². The van der Waals surface area contributed by atoms with Crippen LogP contribution in [0.4, 0.5) is 17.3 Å². The van der Waals surface area contributed by atoms with Crippen molar-refractivity contribution in [3.63, 3.8) is 0 Å². The van der Waals surface area contributed by atoms with Gasteiger partial charge in [-0.15, -0.1) is 0 Å². The molecule has 0 radical (unpaired) electrons. The predicted molar refractivity (Wildman–Crippen MR) is 117 cm³/mol. The van der Waals surface area contributed by atoms with Crippen molar-refractivity contribution in [1.82, 2.24) is 20.1 Å². The van der Waals surface area contributed by atoms with Crippen molar-refractivity contribution in [2.24, 2.45) is 5.84 Å². The molecule has 1 atom stereocenters. The van der Waals surface area contributed by atoms with Crippen molar-refractivity contribution in [3.8, 4) is 0 Å². The molecular formula is C21H26N8O. The first-order valence-electron chi connectivity index (χ1n) is 9.82. The number of nitrogen functional groups attached to an aromatic ring is 3. The molecule has 2 aromatic heterocycles. The molecule has 1 amide bonds. The zero-order valence-corrected chi connectivity index (χ0v) is 16.9. The zero-order chi connectivity index (χ0) is 21.3. The molecule has 1 saturated heterocycles. The van der Waals surface area contributed by atoms with Crippen LogP contribution in [0.5, 0.6) is 0 Å². The summed E-state index contributed by atoms with van der Waals surface area (Å²) >= 11 is 0. The Morgan fingerprint density at radius 1 is 1.27 bits per heavy atom. The third-order valence-corrected chi connectivity index (χ3v) is 5.54. The minimum Gasteiger partial charge on any atom is -0.395 e. The third-order valence-electron chi connectivity index (χ3n) is 5.54. The maximum atomic E-state index is 11.6. The number of pyridine rings is 1. The Labute approximate surface area is 174 Å². The van der Waals surface area contributed by atoms with E-state index >= 15 is 0 Å². The normalized spacial score (nSPS) is 15.9. The number of nitrogens with zero attached hydrogens (tertiary/aromatic N) is 3. The Morgan fingerprint density at radius 3 is 2.83 bits per heavy atom. The van der Waals surface area contributed by atoms with Gasteiger partial charge in [-0.25, -0.2) is 10.8 Å². The van der Waals surface area contributed by atoms with Crippen molar-refractivity contribution in [1.29, 1.82) is 0 Å². The highest BCUT2D eigenvalue weighted by Crippen LogP contribution is 2.26. The van der Waals surface area contributed by atoms with Crippen LogP contribution in [0.15, 0.2) is 36.7 Å². The standard InChI is InChI=1S/C21H26N8O/c1-12-2-3-14(16-7-19(30)25-9-16)5-17(12)11-29-10-13(8-26-29)4-15-6-18(22)27-21(28-24)20(15)23/h2-3,5-6,8,10,16H,4,7,9,11,23-24H2,1H3,(H,25,30)(H3,22,27,28). The average molecular weight is 406 g/mol. The van der Waals surface area contributed by atoms with Gasteiger partial charge in [0.15, 0.2) is 5.82 Å². The number of hydrogen-bond donors (Lipinski definition) is 5. The molecule has 1 unspecified atom stereocenters. The lowest BCUT2D eigenvalue weighted by atomic mass is 9.94. The van der Waals surface area contributed by atoms with Gasteiger partial charge >= 0.3 is 0 Å². The summed E-state index contributed by atoms with van der Waals surface area (Å²) in [5.74, 6) is 6.53. The van der Waals surface area contributed by atoms with Crippen LogP contribution in [-0.4, -0.2) is 27.2 Å². The fraction of sp³-hybridized carbons (Fsp3) is 0.286. The van der Waals surface area contributed by atoms with Crippen LogP contribution in [0.3, 0.4) is 0 Å². The molecule has 0 saturated carbocycles. The van der Waals surface area contributed by atoms with E-state index < -0.39 is 0 Å². The molecule has 0 spiro atoms. The van der Waals surface area contributed by atoms with Crippen molar-refractivity contribution >= 4 is 23.2 Å². The van der Waals surface area contributed by atoms with Gasteiger partial charge in [-0.3, -0.25) is 9.48 Å². The van der Waals surface area contributed by atoms with E-state index in [1.807, 2.05) is 17.1 Å². The largest absolute Gasteiger partial charge is 0.395 e. The number of benzene rings is 1. The number of carbonyl (C=O) groups excluding carboxylic acids is 1. The van der Waals surface area contributed by atoms with E-state index in [9.17, 15) is 4.79 Å². The number of aryl methyl sites for hydroxylation is 1. The maximum Gasteiger partial charge on any atom is 0.220 e. The van der Waals surface area contributed by atoms with Crippen LogP contribution in [0, 0.1) is 6.92 Å². The second kappa shape index (κ2) is 8.03. The minimum atomic E-state index is 0.114. The monoisotopic (exact) mass is 406 g/mol. The van der Waals surface area contributed by atoms with Gasteiger partial charge in [0.1, 0.15) is 5.82 Å². The summed E-state index contributed by atoms with van der Waals surface area (Å²) < 4.78 is 1.91. The second-order valence-corrected chi connectivity index (χ2v) is 7.73. The van der Waals surface area contributed by atoms with Gasteiger partial charge in [-0.1, -0.05) is 18.2 Å². The van der Waals surface area contributed by atoms with Crippen molar-refractivity contribution in [2.75, 3.05) is 23.4 Å². The first kappa shape index (κ1) is 19.7. The van der Waals surface area contributed by atoms with Crippen molar-refractivity contribution < 1.29 is 4.79 Å². The number of rotatable bonds is 6. The van der Waals surface area contributed by atoms with E-state index in [1.54, 1.807) is 6.07 Å². The first-order valence-corrected chi connectivity index (χ1v) is 9.82. The lowest BCUT2D eigenvalue weighted by Gasteiger charge is -2.13. The number of amides is 1. The smallest absolute Gasteiger partial charge is 0.220 e. The predicted octanol–water partition coefficient (Wildman–Crippen LogP) is 1.28. The Kier molecular flexibility index (Phi) is 5.28. The fourth-order valence-corrected chi connectivity index (χ4v) is 3.82. The van der Waals surface area contributed by atoms with E-state index in [1.165, 1.54) is 16.7 Å². The lowest BCUT2D eigenvalue weighted by molar-refractivity contribution is -0.119. The summed E-state index contributed by atoms with van der Waals surface area (Å²) in [5.41, 5.74) is 20.3. The molecule has 1 fully saturated rings. The summed E-state index contributed by atoms with van der Waals surface area (Å²) in [6.45, 7) is 3.43. The highest BCUT2D eigenvalue weighted by Gasteiger charge is 2.23. The van der Waals surface area contributed by atoms with Crippen LogP contribution in [0.2, 0.25) is 0 Å². The molecule has 0 aliphatic carbocycles. The van der Waals surface area contributed by atoms with E-state index in [0.717, 1.165) is 11.1 Å². The Bertz CT molecular complexity index is 1090. The fourth-order valence-electron chi connectivity index (χ4n) is 3.82. The van der Waals surface area contributed by atoms with Crippen molar-refractivity contribution in [2.45, 2.75) is 32.2 Å². The summed E-state index contributed by atoms with van der Waals surface area (Å²) in [5, 5.41) is 7.41. The molecule has 0 bridgehead atoms. The molecule has 8 N–H and O–H groups in total. The molecule has 3 heterocycles. The number of hydrogen-bond acceptors (Lipinski definition) is 7. The molecule has 9 heteroatoms. The quantitative estimate of drug-likeness (QED) is 0.306. The summed E-state index contributed by atoms with van der Waals surface area (Å²) in [7, 11) is 0. The number of hydrazine groups is 1. The van der Waals surface area contributed by atoms with Gasteiger partial charge in [0.25, 0.3) is 0 Å². The van der Waals surface area contributed by atoms with Crippen molar-refractivity contribution in [3.05, 3.63) is 64.5 Å². The highest BCUT2D eigenvalue weighted by atomic mass is 16.1. The first-order chi connectivity index (χ1) is 14.4. The molecule has 4 rings (SSSR count). The van der Waals surface area contributed by atoms with Gasteiger partial charge in [-0.05, 0) is 40.8 Å². The third kappa shape index (κ3) is 4.06. The Balaban J connectivity index is 1.52. The second-order valence-electron chi connectivity index (χ2n) is 7.73. The number of nitrogens with two attached hydrogens (primary N) is 3. The molecule has 3 aromatic rings. The van der Waals surface area contributed by atoms with Gasteiger partial charge in [0.2, 0.25) is 5.91 Å².